The minimum absolute atomic E-state index is 0.0703. The van der Waals surface area contributed by atoms with Crippen LogP contribution in [0, 0.1) is 0 Å². The zero-order valence-electron chi connectivity index (χ0n) is 11.2. The Morgan fingerprint density at radius 2 is 2.06 bits per heavy atom. The Kier molecular flexibility index (Phi) is 3.71. The van der Waals surface area contributed by atoms with Gasteiger partial charge in [0.05, 0.1) is 5.54 Å². The molecule has 1 aliphatic rings. The minimum atomic E-state index is -0.765. The number of benzene rings is 1. The lowest BCUT2D eigenvalue weighted by Crippen LogP contribution is -2.52. The monoisotopic (exact) mass is 246 g/mol. The van der Waals surface area contributed by atoms with Crippen LogP contribution >= 0.6 is 0 Å². The predicted molar refractivity (Wildman–Crippen MR) is 73.1 cm³/mol. The molecule has 18 heavy (non-hydrogen) atoms. The van der Waals surface area contributed by atoms with Gasteiger partial charge < -0.3 is 10.6 Å². The van der Waals surface area contributed by atoms with Crippen molar-refractivity contribution in [1.29, 1.82) is 0 Å². The van der Waals surface area contributed by atoms with E-state index in [1.54, 1.807) is 13.8 Å². The predicted octanol–water partition coefficient (Wildman–Crippen LogP) is 1.96. The van der Waals surface area contributed by atoms with Crippen molar-refractivity contribution in [2.45, 2.75) is 44.7 Å². The number of amides is 1. The summed E-state index contributed by atoms with van der Waals surface area (Å²) in [5.41, 5.74) is 6.45. The van der Waals surface area contributed by atoms with Gasteiger partial charge in [-0.1, -0.05) is 30.3 Å². The highest BCUT2D eigenvalue weighted by Gasteiger charge is 2.35. The molecule has 0 aliphatic carbocycles. The van der Waals surface area contributed by atoms with Gasteiger partial charge in [-0.15, -0.1) is 0 Å². The first kappa shape index (κ1) is 13.1. The van der Waals surface area contributed by atoms with Crippen LogP contribution in [0.1, 0.15) is 32.3 Å². The quantitative estimate of drug-likeness (QED) is 0.886. The van der Waals surface area contributed by atoms with Crippen molar-refractivity contribution in [3.8, 4) is 0 Å². The largest absolute Gasteiger partial charge is 0.338 e. The summed E-state index contributed by atoms with van der Waals surface area (Å²) in [6.07, 6.45) is 3.10. The molecule has 2 N–H and O–H groups in total. The van der Waals surface area contributed by atoms with Crippen LogP contribution in [0.15, 0.2) is 30.3 Å². The molecule has 98 valence electrons. The average Bonchev–Trinajstić information content (AvgIpc) is 2.76. The summed E-state index contributed by atoms with van der Waals surface area (Å²) in [4.78, 5) is 14.2. The maximum atomic E-state index is 12.3. The van der Waals surface area contributed by atoms with Gasteiger partial charge in [0.25, 0.3) is 0 Å². The Morgan fingerprint density at radius 1 is 1.39 bits per heavy atom. The normalized spacial score (nSPS) is 20.2. The van der Waals surface area contributed by atoms with E-state index in [4.69, 9.17) is 5.73 Å². The van der Waals surface area contributed by atoms with Crippen LogP contribution in [0.5, 0.6) is 0 Å². The van der Waals surface area contributed by atoms with Crippen LogP contribution in [-0.4, -0.2) is 28.9 Å². The molecule has 0 saturated carbocycles. The first-order valence-corrected chi connectivity index (χ1v) is 6.62. The number of likely N-dealkylation sites (tertiary alicyclic amines) is 1. The molecule has 1 heterocycles. The van der Waals surface area contributed by atoms with Crippen molar-refractivity contribution < 1.29 is 4.79 Å². The van der Waals surface area contributed by atoms with Crippen molar-refractivity contribution >= 4 is 5.91 Å². The number of hydrogen-bond acceptors (Lipinski definition) is 2. The zero-order chi connectivity index (χ0) is 13.2. The molecule has 1 fully saturated rings. The van der Waals surface area contributed by atoms with Gasteiger partial charge in [0, 0.05) is 12.6 Å². The summed E-state index contributed by atoms with van der Waals surface area (Å²) in [7, 11) is 0. The fourth-order valence-electron chi connectivity index (χ4n) is 2.57. The highest BCUT2D eigenvalue weighted by atomic mass is 16.2. The van der Waals surface area contributed by atoms with Crippen molar-refractivity contribution in [1.82, 2.24) is 4.90 Å². The van der Waals surface area contributed by atoms with Gasteiger partial charge in [-0.3, -0.25) is 4.79 Å². The van der Waals surface area contributed by atoms with Crippen LogP contribution < -0.4 is 5.73 Å². The molecular weight excluding hydrogens is 224 g/mol. The summed E-state index contributed by atoms with van der Waals surface area (Å²) < 4.78 is 0. The summed E-state index contributed by atoms with van der Waals surface area (Å²) in [5, 5.41) is 0. The van der Waals surface area contributed by atoms with E-state index in [2.05, 4.69) is 12.1 Å². The maximum absolute atomic E-state index is 12.3. The smallest absolute Gasteiger partial charge is 0.242 e. The van der Waals surface area contributed by atoms with E-state index in [0.29, 0.717) is 6.04 Å². The minimum Gasteiger partial charge on any atom is -0.338 e. The summed E-state index contributed by atoms with van der Waals surface area (Å²) in [6.45, 7) is 4.41. The molecule has 0 spiro atoms. The number of carbonyl (C=O) groups excluding carboxylic acids is 1. The topological polar surface area (TPSA) is 46.3 Å². The van der Waals surface area contributed by atoms with Crippen LogP contribution in [0.4, 0.5) is 0 Å². The fourth-order valence-corrected chi connectivity index (χ4v) is 2.57. The third-order valence-corrected chi connectivity index (χ3v) is 3.50. The van der Waals surface area contributed by atoms with E-state index in [0.717, 1.165) is 25.8 Å². The first-order chi connectivity index (χ1) is 8.48. The molecule has 3 heteroatoms. The molecule has 3 nitrogen and oxygen atoms in total. The molecule has 2 rings (SSSR count). The summed E-state index contributed by atoms with van der Waals surface area (Å²) in [6, 6.07) is 10.7. The molecule has 0 radical (unpaired) electrons. The van der Waals surface area contributed by atoms with Gasteiger partial charge in [0.2, 0.25) is 5.91 Å². The standard InChI is InChI=1S/C15H22N2O/c1-15(2,16)14(18)17-10-6-9-13(17)11-12-7-4-3-5-8-12/h3-5,7-8,13H,6,9-11,16H2,1-2H3. The molecule has 1 unspecified atom stereocenters. The maximum Gasteiger partial charge on any atom is 0.242 e. The molecule has 1 aromatic carbocycles. The first-order valence-electron chi connectivity index (χ1n) is 6.62. The molecule has 1 amide bonds. The van der Waals surface area contributed by atoms with Gasteiger partial charge >= 0.3 is 0 Å². The fraction of sp³-hybridized carbons (Fsp3) is 0.533. The lowest BCUT2D eigenvalue weighted by molar-refractivity contribution is -0.136. The molecule has 1 atom stereocenters. The number of carbonyl (C=O) groups is 1. The Morgan fingerprint density at radius 3 is 2.67 bits per heavy atom. The Balaban J connectivity index is 2.07. The third kappa shape index (κ3) is 2.91. The molecular formula is C15H22N2O. The van der Waals surface area contributed by atoms with Gasteiger partial charge in [-0.2, -0.15) is 0 Å². The van der Waals surface area contributed by atoms with E-state index < -0.39 is 5.54 Å². The van der Waals surface area contributed by atoms with Crippen molar-refractivity contribution in [2.75, 3.05) is 6.54 Å². The second-order valence-electron chi connectivity index (χ2n) is 5.71. The third-order valence-electron chi connectivity index (χ3n) is 3.50. The van der Waals surface area contributed by atoms with E-state index in [1.807, 2.05) is 23.1 Å². The van der Waals surface area contributed by atoms with Crippen LogP contribution in [0.25, 0.3) is 0 Å². The van der Waals surface area contributed by atoms with Gasteiger partial charge in [0.1, 0.15) is 0 Å². The van der Waals surface area contributed by atoms with Crippen molar-refractivity contribution in [3.05, 3.63) is 35.9 Å². The lowest BCUT2D eigenvalue weighted by atomic mass is 10.0. The van der Waals surface area contributed by atoms with Crippen molar-refractivity contribution in [2.24, 2.45) is 5.73 Å². The zero-order valence-corrected chi connectivity index (χ0v) is 11.2. The number of nitrogens with two attached hydrogens (primary N) is 1. The van der Waals surface area contributed by atoms with Gasteiger partial charge in [-0.25, -0.2) is 0 Å². The van der Waals surface area contributed by atoms with Gasteiger partial charge in [-0.05, 0) is 38.7 Å². The van der Waals surface area contributed by atoms with Crippen molar-refractivity contribution in [3.63, 3.8) is 0 Å². The number of hydrogen-bond donors (Lipinski definition) is 1. The highest BCUT2D eigenvalue weighted by Crippen LogP contribution is 2.23. The Labute approximate surface area is 109 Å². The second kappa shape index (κ2) is 5.11. The lowest BCUT2D eigenvalue weighted by Gasteiger charge is -2.31. The van der Waals surface area contributed by atoms with E-state index in [1.165, 1.54) is 5.56 Å². The average molecular weight is 246 g/mol. The second-order valence-corrected chi connectivity index (χ2v) is 5.71. The van der Waals surface area contributed by atoms with Gasteiger partial charge in [0.15, 0.2) is 0 Å². The molecule has 1 aliphatic heterocycles. The Bertz CT molecular complexity index is 408. The number of rotatable bonds is 3. The summed E-state index contributed by atoms with van der Waals surface area (Å²) >= 11 is 0. The number of nitrogens with zero attached hydrogens (tertiary/aromatic N) is 1. The van der Waals surface area contributed by atoms with Crippen LogP contribution in [0.3, 0.4) is 0 Å². The van der Waals surface area contributed by atoms with Crippen LogP contribution in [0.2, 0.25) is 0 Å². The SMILES string of the molecule is CC(C)(N)C(=O)N1CCCC1Cc1ccccc1. The molecule has 0 bridgehead atoms. The van der Waals surface area contributed by atoms with E-state index in [-0.39, 0.29) is 5.91 Å². The van der Waals surface area contributed by atoms with E-state index in [9.17, 15) is 4.79 Å². The van der Waals surface area contributed by atoms with Crippen LogP contribution in [-0.2, 0) is 11.2 Å². The summed E-state index contributed by atoms with van der Waals surface area (Å²) in [5.74, 6) is 0.0703. The highest BCUT2D eigenvalue weighted by molar-refractivity contribution is 5.85. The Hall–Kier alpha value is -1.35. The molecule has 1 aromatic rings. The molecule has 0 aromatic heterocycles. The van der Waals surface area contributed by atoms with E-state index >= 15 is 0 Å². The molecule has 1 saturated heterocycles.